The van der Waals surface area contributed by atoms with E-state index in [9.17, 15) is 9.59 Å². The number of carbonyl (C=O) groups is 2. The van der Waals surface area contributed by atoms with Gasteiger partial charge >= 0.3 is 0 Å². The predicted molar refractivity (Wildman–Crippen MR) is 66.3 cm³/mol. The average Bonchev–Trinajstić information content (AvgIpc) is 2.37. The number of hydrogen-bond acceptors (Lipinski definition) is 4. The van der Waals surface area contributed by atoms with Crippen LogP contribution < -0.4 is 15.8 Å². The fraction of sp³-hybridized carbons (Fsp3) is 0.333. The molecule has 18 heavy (non-hydrogen) atoms. The van der Waals surface area contributed by atoms with Crippen LogP contribution in [0.1, 0.15) is 10.4 Å². The van der Waals surface area contributed by atoms with Crippen LogP contribution in [0.25, 0.3) is 0 Å². The van der Waals surface area contributed by atoms with Crippen molar-refractivity contribution in [2.75, 3.05) is 32.5 Å². The van der Waals surface area contributed by atoms with E-state index in [1.165, 1.54) is 12.0 Å². The lowest BCUT2D eigenvalue weighted by molar-refractivity contribution is -0.123. The molecule has 0 saturated carbocycles. The minimum Gasteiger partial charge on any atom is -0.496 e. The van der Waals surface area contributed by atoms with Gasteiger partial charge in [0, 0.05) is 24.8 Å². The molecule has 0 radical (unpaired) electrons. The number of ether oxygens (including phenoxy) is 1. The number of nitrogens with zero attached hydrogens (tertiary/aromatic N) is 1. The molecule has 1 aromatic carbocycles. The average molecular weight is 249 g/mol. The third-order valence-electron chi connectivity index (χ3n) is 2.78. The number of hydrogen-bond donors (Lipinski definition) is 2. The summed E-state index contributed by atoms with van der Waals surface area (Å²) < 4.78 is 5.14. The van der Waals surface area contributed by atoms with Gasteiger partial charge in [0.1, 0.15) is 5.75 Å². The zero-order valence-corrected chi connectivity index (χ0v) is 10.1. The van der Waals surface area contributed by atoms with Gasteiger partial charge in [0.15, 0.2) is 0 Å². The SMILES string of the molecule is COc1cc(N)ccc1C(=O)N1CCNC(=O)C1. The number of nitrogens with one attached hydrogen (secondary N) is 1. The monoisotopic (exact) mass is 249 g/mol. The van der Waals surface area contributed by atoms with Gasteiger partial charge in [-0.3, -0.25) is 9.59 Å². The quantitative estimate of drug-likeness (QED) is 0.714. The second-order valence-corrected chi connectivity index (χ2v) is 4.04. The molecule has 6 heteroatoms. The minimum absolute atomic E-state index is 0.0758. The van der Waals surface area contributed by atoms with Crippen LogP contribution in [0.3, 0.4) is 0 Å². The Labute approximate surface area is 105 Å². The summed E-state index contributed by atoms with van der Waals surface area (Å²) in [5.74, 6) is 0.0525. The number of benzene rings is 1. The molecular formula is C12H15N3O3. The highest BCUT2D eigenvalue weighted by Crippen LogP contribution is 2.23. The number of carbonyl (C=O) groups excluding carboxylic acids is 2. The Morgan fingerprint density at radius 1 is 1.50 bits per heavy atom. The molecule has 0 unspecified atom stereocenters. The van der Waals surface area contributed by atoms with Gasteiger partial charge in [0.25, 0.3) is 5.91 Å². The highest BCUT2D eigenvalue weighted by molar-refractivity contribution is 5.99. The van der Waals surface area contributed by atoms with Gasteiger partial charge in [0.2, 0.25) is 5.91 Å². The zero-order chi connectivity index (χ0) is 13.1. The maximum absolute atomic E-state index is 12.3. The predicted octanol–water partition coefficient (Wildman–Crippen LogP) is -0.151. The second kappa shape index (κ2) is 4.95. The van der Waals surface area contributed by atoms with Crippen LogP contribution in [0.5, 0.6) is 5.75 Å². The number of nitrogen functional groups attached to an aromatic ring is 1. The van der Waals surface area contributed by atoms with Crippen LogP contribution >= 0.6 is 0 Å². The van der Waals surface area contributed by atoms with Crippen molar-refractivity contribution in [2.24, 2.45) is 0 Å². The van der Waals surface area contributed by atoms with E-state index in [4.69, 9.17) is 10.5 Å². The first-order valence-electron chi connectivity index (χ1n) is 5.61. The Morgan fingerprint density at radius 3 is 2.94 bits per heavy atom. The fourth-order valence-electron chi connectivity index (χ4n) is 1.87. The van der Waals surface area contributed by atoms with Crippen molar-refractivity contribution < 1.29 is 14.3 Å². The lowest BCUT2D eigenvalue weighted by atomic mass is 10.1. The maximum atomic E-state index is 12.3. The number of nitrogens with two attached hydrogens (primary N) is 1. The molecule has 1 aliphatic heterocycles. The third kappa shape index (κ3) is 2.37. The molecular weight excluding hydrogens is 234 g/mol. The van der Waals surface area contributed by atoms with E-state index >= 15 is 0 Å². The van der Waals surface area contributed by atoms with Crippen molar-refractivity contribution in [1.82, 2.24) is 10.2 Å². The summed E-state index contributed by atoms with van der Waals surface area (Å²) in [6.07, 6.45) is 0. The third-order valence-corrected chi connectivity index (χ3v) is 2.78. The van der Waals surface area contributed by atoms with Gasteiger partial charge in [-0.05, 0) is 12.1 Å². The van der Waals surface area contributed by atoms with Crippen molar-refractivity contribution in [1.29, 1.82) is 0 Å². The fourth-order valence-corrected chi connectivity index (χ4v) is 1.87. The summed E-state index contributed by atoms with van der Waals surface area (Å²) in [6.45, 7) is 1.05. The highest BCUT2D eigenvalue weighted by atomic mass is 16.5. The normalized spacial score (nSPS) is 15.2. The van der Waals surface area contributed by atoms with Crippen LogP contribution in [-0.2, 0) is 4.79 Å². The summed E-state index contributed by atoms with van der Waals surface area (Å²) in [5.41, 5.74) is 6.58. The maximum Gasteiger partial charge on any atom is 0.258 e. The van der Waals surface area contributed by atoms with E-state index in [0.29, 0.717) is 30.1 Å². The molecule has 1 aliphatic rings. The van der Waals surface area contributed by atoms with Crippen LogP contribution in [0.15, 0.2) is 18.2 Å². The van der Waals surface area contributed by atoms with E-state index < -0.39 is 0 Å². The van der Waals surface area contributed by atoms with Crippen molar-refractivity contribution in [3.8, 4) is 5.75 Å². The number of piperazine rings is 1. The van der Waals surface area contributed by atoms with E-state index in [0.717, 1.165) is 0 Å². The molecule has 2 rings (SSSR count). The second-order valence-electron chi connectivity index (χ2n) is 4.04. The van der Waals surface area contributed by atoms with Crippen LogP contribution in [-0.4, -0.2) is 43.5 Å². The van der Waals surface area contributed by atoms with Crippen molar-refractivity contribution in [2.45, 2.75) is 0 Å². The zero-order valence-electron chi connectivity index (χ0n) is 10.1. The largest absolute Gasteiger partial charge is 0.496 e. The molecule has 6 nitrogen and oxygen atoms in total. The van der Waals surface area contributed by atoms with E-state index in [-0.39, 0.29) is 18.4 Å². The van der Waals surface area contributed by atoms with Gasteiger partial charge in [-0.1, -0.05) is 0 Å². The van der Waals surface area contributed by atoms with Gasteiger partial charge < -0.3 is 20.7 Å². The van der Waals surface area contributed by atoms with Gasteiger partial charge in [-0.15, -0.1) is 0 Å². The molecule has 0 aliphatic carbocycles. The van der Waals surface area contributed by atoms with Crippen molar-refractivity contribution in [3.63, 3.8) is 0 Å². The van der Waals surface area contributed by atoms with E-state index in [1.54, 1.807) is 18.2 Å². The van der Waals surface area contributed by atoms with Crippen molar-refractivity contribution in [3.05, 3.63) is 23.8 Å². The molecule has 0 aromatic heterocycles. The smallest absolute Gasteiger partial charge is 0.258 e. The van der Waals surface area contributed by atoms with Crippen LogP contribution in [0.4, 0.5) is 5.69 Å². The molecule has 0 atom stereocenters. The van der Waals surface area contributed by atoms with Crippen LogP contribution in [0, 0.1) is 0 Å². The Bertz CT molecular complexity index is 487. The number of methoxy groups -OCH3 is 1. The molecule has 1 saturated heterocycles. The molecule has 1 aromatic rings. The molecule has 96 valence electrons. The summed E-state index contributed by atoms with van der Waals surface area (Å²) in [6, 6.07) is 4.85. The Hall–Kier alpha value is -2.24. The molecule has 1 fully saturated rings. The number of rotatable bonds is 2. The number of amides is 2. The lowest BCUT2D eigenvalue weighted by Crippen LogP contribution is -2.50. The van der Waals surface area contributed by atoms with Gasteiger partial charge in [-0.25, -0.2) is 0 Å². The molecule has 3 N–H and O–H groups in total. The van der Waals surface area contributed by atoms with Crippen LogP contribution in [0.2, 0.25) is 0 Å². The summed E-state index contributed by atoms with van der Waals surface area (Å²) in [4.78, 5) is 25.0. The Kier molecular flexibility index (Phi) is 3.36. The topological polar surface area (TPSA) is 84.7 Å². The van der Waals surface area contributed by atoms with E-state index in [2.05, 4.69) is 5.32 Å². The first-order valence-corrected chi connectivity index (χ1v) is 5.61. The van der Waals surface area contributed by atoms with Gasteiger partial charge in [0.05, 0.1) is 19.2 Å². The summed E-state index contributed by atoms with van der Waals surface area (Å²) in [5, 5.41) is 2.67. The Balaban J connectivity index is 2.25. The molecule has 2 amide bonds. The first-order chi connectivity index (χ1) is 8.61. The standard InChI is InChI=1S/C12H15N3O3/c1-18-10-6-8(13)2-3-9(10)12(17)15-5-4-14-11(16)7-15/h2-3,6H,4-5,7,13H2,1H3,(H,14,16). The summed E-state index contributed by atoms with van der Waals surface area (Å²) in [7, 11) is 1.48. The number of anilines is 1. The first kappa shape index (κ1) is 12.2. The summed E-state index contributed by atoms with van der Waals surface area (Å²) >= 11 is 0. The molecule has 0 spiro atoms. The van der Waals surface area contributed by atoms with Crippen molar-refractivity contribution >= 4 is 17.5 Å². The van der Waals surface area contributed by atoms with E-state index in [1.807, 2.05) is 0 Å². The van der Waals surface area contributed by atoms with Gasteiger partial charge in [-0.2, -0.15) is 0 Å². The minimum atomic E-state index is -0.221. The highest BCUT2D eigenvalue weighted by Gasteiger charge is 2.24. The lowest BCUT2D eigenvalue weighted by Gasteiger charge is -2.27. The Morgan fingerprint density at radius 2 is 2.28 bits per heavy atom. The molecule has 1 heterocycles. The molecule has 0 bridgehead atoms.